The number of nitrogens with two attached hydrogens (primary N) is 1. The molecule has 1 saturated heterocycles. The SMILES string of the molecule is CCc1ccc(S(=O)(=O)N2CCSC(C)C2)cc1CN. The second-order valence-electron chi connectivity index (χ2n) is 5.03. The highest BCUT2D eigenvalue weighted by atomic mass is 32.2. The molecule has 0 bridgehead atoms. The highest BCUT2D eigenvalue weighted by Crippen LogP contribution is 2.25. The Morgan fingerprint density at radius 2 is 2.15 bits per heavy atom. The standard InChI is InChI=1S/C14H22N2O2S2/c1-3-12-4-5-14(8-13(12)9-15)20(17,18)16-6-7-19-11(2)10-16/h4-5,8,11H,3,6-7,9-10,15H2,1-2H3. The van der Waals surface area contributed by atoms with Crippen LogP contribution in [0.5, 0.6) is 0 Å². The number of aryl methyl sites for hydroxylation is 1. The van der Waals surface area contributed by atoms with E-state index in [1.807, 2.05) is 24.8 Å². The summed E-state index contributed by atoms with van der Waals surface area (Å²) in [6.07, 6.45) is 0.865. The Balaban J connectivity index is 2.34. The summed E-state index contributed by atoms with van der Waals surface area (Å²) in [4.78, 5) is 0.370. The van der Waals surface area contributed by atoms with Gasteiger partial charge in [0.25, 0.3) is 0 Å². The van der Waals surface area contributed by atoms with E-state index in [0.29, 0.717) is 29.8 Å². The Kier molecular flexibility index (Phi) is 5.12. The van der Waals surface area contributed by atoms with Crippen LogP contribution in [0.15, 0.2) is 23.1 Å². The van der Waals surface area contributed by atoms with E-state index in [9.17, 15) is 8.42 Å². The Labute approximate surface area is 125 Å². The van der Waals surface area contributed by atoms with Crippen LogP contribution < -0.4 is 5.73 Å². The van der Waals surface area contributed by atoms with Crippen LogP contribution in [0, 0.1) is 0 Å². The largest absolute Gasteiger partial charge is 0.326 e. The first kappa shape index (κ1) is 15.8. The minimum absolute atomic E-state index is 0.349. The summed E-state index contributed by atoms with van der Waals surface area (Å²) in [6, 6.07) is 5.33. The van der Waals surface area contributed by atoms with Crippen LogP contribution in [-0.2, 0) is 23.0 Å². The van der Waals surface area contributed by atoms with Gasteiger partial charge < -0.3 is 5.73 Å². The van der Waals surface area contributed by atoms with Crippen molar-refractivity contribution in [2.24, 2.45) is 5.73 Å². The number of thioether (sulfide) groups is 1. The third-order valence-corrected chi connectivity index (χ3v) is 6.62. The van der Waals surface area contributed by atoms with Gasteiger partial charge in [-0.05, 0) is 29.7 Å². The van der Waals surface area contributed by atoms with Gasteiger partial charge in [0.05, 0.1) is 4.90 Å². The van der Waals surface area contributed by atoms with E-state index >= 15 is 0 Å². The molecule has 1 heterocycles. The first-order chi connectivity index (χ1) is 9.48. The van der Waals surface area contributed by atoms with Crippen molar-refractivity contribution < 1.29 is 8.42 Å². The fourth-order valence-corrected chi connectivity index (χ4v) is 5.26. The highest BCUT2D eigenvalue weighted by Gasteiger charge is 2.29. The molecule has 2 N–H and O–H groups in total. The zero-order chi connectivity index (χ0) is 14.8. The molecule has 2 rings (SSSR count). The third kappa shape index (κ3) is 3.19. The molecule has 4 nitrogen and oxygen atoms in total. The maximum atomic E-state index is 12.7. The van der Waals surface area contributed by atoms with Crippen LogP contribution in [0.4, 0.5) is 0 Å². The summed E-state index contributed by atoms with van der Waals surface area (Å²) in [5.74, 6) is 0.858. The van der Waals surface area contributed by atoms with Gasteiger partial charge in [0.1, 0.15) is 0 Å². The summed E-state index contributed by atoms with van der Waals surface area (Å²) < 4.78 is 26.9. The second kappa shape index (κ2) is 6.47. The molecule has 0 aromatic heterocycles. The quantitative estimate of drug-likeness (QED) is 0.921. The van der Waals surface area contributed by atoms with Crippen molar-refractivity contribution >= 4 is 21.8 Å². The highest BCUT2D eigenvalue weighted by molar-refractivity contribution is 8.00. The first-order valence-electron chi connectivity index (χ1n) is 6.92. The average Bonchev–Trinajstić information content (AvgIpc) is 2.46. The van der Waals surface area contributed by atoms with Gasteiger partial charge in [-0.25, -0.2) is 8.42 Å². The molecule has 0 radical (unpaired) electrons. The van der Waals surface area contributed by atoms with Crippen LogP contribution in [-0.4, -0.2) is 36.8 Å². The van der Waals surface area contributed by atoms with Crippen molar-refractivity contribution in [1.29, 1.82) is 0 Å². The molecule has 1 atom stereocenters. The minimum atomic E-state index is -3.39. The smallest absolute Gasteiger partial charge is 0.243 e. The summed E-state index contributed by atoms with van der Waals surface area (Å²) in [6.45, 7) is 5.66. The van der Waals surface area contributed by atoms with Gasteiger partial charge >= 0.3 is 0 Å². The second-order valence-corrected chi connectivity index (χ2v) is 8.52. The normalized spacial score (nSPS) is 21.1. The van der Waals surface area contributed by atoms with Gasteiger partial charge in [0, 0.05) is 30.6 Å². The molecule has 1 fully saturated rings. The number of sulfonamides is 1. The number of benzene rings is 1. The zero-order valence-corrected chi connectivity index (χ0v) is 13.6. The van der Waals surface area contributed by atoms with E-state index in [0.717, 1.165) is 23.3 Å². The topological polar surface area (TPSA) is 63.4 Å². The van der Waals surface area contributed by atoms with Gasteiger partial charge in [0.15, 0.2) is 0 Å². The maximum absolute atomic E-state index is 12.7. The lowest BCUT2D eigenvalue weighted by atomic mass is 10.1. The Morgan fingerprint density at radius 1 is 1.40 bits per heavy atom. The third-order valence-electron chi connectivity index (χ3n) is 3.62. The lowest BCUT2D eigenvalue weighted by Gasteiger charge is -2.29. The van der Waals surface area contributed by atoms with Crippen molar-refractivity contribution in [3.63, 3.8) is 0 Å². The minimum Gasteiger partial charge on any atom is -0.326 e. The van der Waals surface area contributed by atoms with Crippen molar-refractivity contribution in [2.75, 3.05) is 18.8 Å². The molecule has 0 amide bonds. The molecular weight excluding hydrogens is 292 g/mol. The lowest BCUT2D eigenvalue weighted by molar-refractivity contribution is 0.424. The van der Waals surface area contributed by atoms with Crippen molar-refractivity contribution in [3.8, 4) is 0 Å². The van der Waals surface area contributed by atoms with E-state index in [2.05, 4.69) is 6.92 Å². The van der Waals surface area contributed by atoms with E-state index in [-0.39, 0.29) is 0 Å². The van der Waals surface area contributed by atoms with Gasteiger partial charge in [-0.1, -0.05) is 19.9 Å². The van der Waals surface area contributed by atoms with Crippen LogP contribution in [0.1, 0.15) is 25.0 Å². The summed E-state index contributed by atoms with van der Waals surface area (Å²) in [5.41, 5.74) is 7.77. The average molecular weight is 314 g/mol. The summed E-state index contributed by atoms with van der Waals surface area (Å²) in [7, 11) is -3.39. The number of hydrogen-bond donors (Lipinski definition) is 1. The number of nitrogens with zero attached hydrogens (tertiary/aromatic N) is 1. The molecule has 6 heteroatoms. The Morgan fingerprint density at radius 3 is 2.75 bits per heavy atom. The van der Waals surface area contributed by atoms with Gasteiger partial charge in [-0.3, -0.25) is 0 Å². The van der Waals surface area contributed by atoms with E-state index < -0.39 is 10.0 Å². The van der Waals surface area contributed by atoms with E-state index in [1.54, 1.807) is 16.4 Å². The predicted molar refractivity (Wildman–Crippen MR) is 84.4 cm³/mol. The van der Waals surface area contributed by atoms with Crippen LogP contribution in [0.25, 0.3) is 0 Å². The predicted octanol–water partition coefficient (Wildman–Crippen LogP) is 1.83. The summed E-state index contributed by atoms with van der Waals surface area (Å²) >= 11 is 1.82. The molecular formula is C14H22N2O2S2. The van der Waals surface area contributed by atoms with Gasteiger partial charge in [-0.2, -0.15) is 16.1 Å². The van der Waals surface area contributed by atoms with Crippen LogP contribution in [0.2, 0.25) is 0 Å². The maximum Gasteiger partial charge on any atom is 0.243 e. The molecule has 112 valence electrons. The Hall–Kier alpha value is -0.560. The zero-order valence-electron chi connectivity index (χ0n) is 12.0. The van der Waals surface area contributed by atoms with E-state index in [1.165, 1.54) is 0 Å². The van der Waals surface area contributed by atoms with Gasteiger partial charge in [-0.15, -0.1) is 0 Å². The molecule has 1 unspecified atom stereocenters. The monoisotopic (exact) mass is 314 g/mol. The molecule has 1 aliphatic rings. The number of hydrogen-bond acceptors (Lipinski definition) is 4. The molecule has 1 aromatic carbocycles. The molecule has 20 heavy (non-hydrogen) atoms. The lowest BCUT2D eigenvalue weighted by Crippen LogP contribution is -2.41. The molecule has 0 saturated carbocycles. The first-order valence-corrected chi connectivity index (χ1v) is 9.41. The van der Waals surface area contributed by atoms with Gasteiger partial charge in [0.2, 0.25) is 10.0 Å². The van der Waals surface area contributed by atoms with Crippen LogP contribution in [0.3, 0.4) is 0 Å². The number of rotatable bonds is 4. The van der Waals surface area contributed by atoms with Crippen molar-refractivity contribution in [1.82, 2.24) is 4.31 Å². The molecule has 0 spiro atoms. The fourth-order valence-electron chi connectivity index (χ4n) is 2.45. The van der Waals surface area contributed by atoms with Crippen molar-refractivity contribution in [2.45, 2.75) is 37.0 Å². The molecule has 1 aromatic rings. The molecule has 0 aliphatic carbocycles. The molecule has 1 aliphatic heterocycles. The van der Waals surface area contributed by atoms with Crippen LogP contribution >= 0.6 is 11.8 Å². The van der Waals surface area contributed by atoms with E-state index in [4.69, 9.17) is 5.73 Å². The Bertz CT molecular complexity index is 573. The summed E-state index contributed by atoms with van der Waals surface area (Å²) in [5, 5.41) is 0.349. The fraction of sp³-hybridized carbons (Fsp3) is 0.571. The van der Waals surface area contributed by atoms with Crippen molar-refractivity contribution in [3.05, 3.63) is 29.3 Å².